The summed E-state index contributed by atoms with van der Waals surface area (Å²) in [6, 6.07) is 0.517. The Bertz CT molecular complexity index is 336. The van der Waals surface area contributed by atoms with Crippen molar-refractivity contribution >= 4 is 11.3 Å². The summed E-state index contributed by atoms with van der Waals surface area (Å²) < 4.78 is 5.44. The SMILES string of the molecule is Cc1nc(CN(C)CCC2COCCN2)cs1. The zero-order valence-corrected chi connectivity index (χ0v) is 11.4. The minimum absolute atomic E-state index is 0.517. The van der Waals surface area contributed by atoms with Crippen molar-refractivity contribution in [1.82, 2.24) is 15.2 Å². The molecule has 1 aromatic heterocycles. The number of aryl methyl sites for hydroxylation is 1. The highest BCUT2D eigenvalue weighted by Gasteiger charge is 2.13. The van der Waals surface area contributed by atoms with E-state index in [9.17, 15) is 0 Å². The Kier molecular flexibility index (Phi) is 4.91. The second-order valence-corrected chi connectivity index (χ2v) is 5.67. The van der Waals surface area contributed by atoms with Gasteiger partial charge < -0.3 is 15.0 Å². The summed E-state index contributed by atoms with van der Waals surface area (Å²) in [6.07, 6.45) is 1.14. The van der Waals surface area contributed by atoms with E-state index in [4.69, 9.17) is 4.74 Å². The first-order valence-corrected chi connectivity index (χ1v) is 7.02. The van der Waals surface area contributed by atoms with Crippen LogP contribution in [-0.4, -0.2) is 49.3 Å². The standard InChI is InChI=1S/C12H21N3OS/c1-10-14-12(9-17-10)7-15(2)5-3-11-8-16-6-4-13-11/h9,11,13H,3-8H2,1-2H3. The topological polar surface area (TPSA) is 37.4 Å². The minimum atomic E-state index is 0.517. The maximum atomic E-state index is 5.44. The van der Waals surface area contributed by atoms with Gasteiger partial charge in [-0.2, -0.15) is 0 Å². The first kappa shape index (κ1) is 13.0. The summed E-state index contributed by atoms with van der Waals surface area (Å²) in [4.78, 5) is 6.81. The number of rotatable bonds is 5. The van der Waals surface area contributed by atoms with Crippen LogP contribution in [0.4, 0.5) is 0 Å². The van der Waals surface area contributed by atoms with E-state index in [0.29, 0.717) is 6.04 Å². The molecule has 17 heavy (non-hydrogen) atoms. The molecule has 1 aliphatic heterocycles. The van der Waals surface area contributed by atoms with E-state index < -0.39 is 0 Å². The van der Waals surface area contributed by atoms with Crippen molar-refractivity contribution in [3.05, 3.63) is 16.1 Å². The van der Waals surface area contributed by atoms with Gasteiger partial charge in [0.05, 0.1) is 23.9 Å². The van der Waals surface area contributed by atoms with Crippen molar-refractivity contribution in [2.24, 2.45) is 0 Å². The summed E-state index contributed by atoms with van der Waals surface area (Å²) in [5.74, 6) is 0. The number of ether oxygens (including phenoxy) is 1. The second-order valence-electron chi connectivity index (χ2n) is 4.61. The molecule has 0 radical (unpaired) electrons. The molecule has 96 valence electrons. The molecule has 0 bridgehead atoms. The van der Waals surface area contributed by atoms with Gasteiger partial charge in [0.25, 0.3) is 0 Å². The van der Waals surface area contributed by atoms with Gasteiger partial charge in [0.1, 0.15) is 0 Å². The van der Waals surface area contributed by atoms with E-state index >= 15 is 0 Å². The third-order valence-corrected chi connectivity index (χ3v) is 3.78. The predicted octanol–water partition coefficient (Wildman–Crippen LogP) is 1.26. The number of hydrogen-bond acceptors (Lipinski definition) is 5. The normalized spacial score (nSPS) is 21.0. The van der Waals surface area contributed by atoms with Crippen molar-refractivity contribution in [3.8, 4) is 0 Å². The maximum absolute atomic E-state index is 5.44. The summed E-state index contributed by atoms with van der Waals surface area (Å²) >= 11 is 1.72. The first-order valence-electron chi connectivity index (χ1n) is 6.15. The molecule has 1 aromatic rings. The summed E-state index contributed by atoms with van der Waals surface area (Å²) in [7, 11) is 2.15. The molecule has 5 heteroatoms. The van der Waals surface area contributed by atoms with Gasteiger partial charge in [0.2, 0.25) is 0 Å². The average molecular weight is 255 g/mol. The first-order chi connectivity index (χ1) is 8.24. The average Bonchev–Trinajstić information content (AvgIpc) is 2.73. The molecular weight excluding hydrogens is 234 g/mol. The fraction of sp³-hybridized carbons (Fsp3) is 0.750. The van der Waals surface area contributed by atoms with Crippen LogP contribution in [0, 0.1) is 6.92 Å². The summed E-state index contributed by atoms with van der Waals surface area (Å²) in [5.41, 5.74) is 1.18. The Morgan fingerprint density at radius 3 is 3.18 bits per heavy atom. The molecule has 4 nitrogen and oxygen atoms in total. The Morgan fingerprint density at radius 2 is 2.53 bits per heavy atom. The Hall–Kier alpha value is -0.490. The van der Waals surface area contributed by atoms with Crippen LogP contribution in [-0.2, 0) is 11.3 Å². The van der Waals surface area contributed by atoms with Crippen LogP contribution in [0.15, 0.2) is 5.38 Å². The van der Waals surface area contributed by atoms with Crippen molar-refractivity contribution < 1.29 is 4.74 Å². The molecule has 0 aromatic carbocycles. The van der Waals surface area contributed by atoms with Gasteiger partial charge in [0, 0.05) is 24.5 Å². The van der Waals surface area contributed by atoms with E-state index in [0.717, 1.165) is 44.3 Å². The number of aromatic nitrogens is 1. The molecule has 1 unspecified atom stereocenters. The van der Waals surface area contributed by atoms with E-state index in [1.54, 1.807) is 11.3 Å². The number of thiazole rings is 1. The highest BCUT2D eigenvalue weighted by atomic mass is 32.1. The monoisotopic (exact) mass is 255 g/mol. The van der Waals surface area contributed by atoms with Gasteiger partial charge in [-0.25, -0.2) is 4.98 Å². The van der Waals surface area contributed by atoms with Gasteiger partial charge in [0.15, 0.2) is 0 Å². The zero-order valence-electron chi connectivity index (χ0n) is 10.6. The Morgan fingerprint density at radius 1 is 1.65 bits per heavy atom. The Labute approximate surface area is 107 Å². The molecule has 0 spiro atoms. The lowest BCUT2D eigenvalue weighted by atomic mass is 10.2. The number of morpholine rings is 1. The molecule has 0 amide bonds. The van der Waals surface area contributed by atoms with Crippen LogP contribution < -0.4 is 5.32 Å². The van der Waals surface area contributed by atoms with Crippen molar-refractivity contribution in [3.63, 3.8) is 0 Å². The maximum Gasteiger partial charge on any atom is 0.0897 e. The molecule has 1 saturated heterocycles. The van der Waals surface area contributed by atoms with Gasteiger partial charge in [-0.05, 0) is 26.9 Å². The largest absolute Gasteiger partial charge is 0.379 e. The molecule has 1 N–H and O–H groups in total. The van der Waals surface area contributed by atoms with Crippen LogP contribution in [0.25, 0.3) is 0 Å². The van der Waals surface area contributed by atoms with Gasteiger partial charge >= 0.3 is 0 Å². The Balaban J connectivity index is 1.68. The minimum Gasteiger partial charge on any atom is -0.379 e. The van der Waals surface area contributed by atoms with E-state index in [1.807, 2.05) is 0 Å². The van der Waals surface area contributed by atoms with Crippen LogP contribution in [0.3, 0.4) is 0 Å². The van der Waals surface area contributed by atoms with Crippen LogP contribution in [0.1, 0.15) is 17.1 Å². The van der Waals surface area contributed by atoms with E-state index in [-0.39, 0.29) is 0 Å². The van der Waals surface area contributed by atoms with Crippen molar-refractivity contribution in [1.29, 1.82) is 0 Å². The fourth-order valence-corrected chi connectivity index (χ4v) is 2.62. The highest BCUT2D eigenvalue weighted by Crippen LogP contribution is 2.10. The van der Waals surface area contributed by atoms with Crippen LogP contribution in [0.2, 0.25) is 0 Å². The summed E-state index contributed by atoms with van der Waals surface area (Å²) in [6.45, 7) is 6.76. The number of nitrogens with zero attached hydrogens (tertiary/aromatic N) is 2. The van der Waals surface area contributed by atoms with Gasteiger partial charge in [-0.15, -0.1) is 11.3 Å². The molecule has 0 saturated carbocycles. The molecule has 0 aliphatic carbocycles. The smallest absolute Gasteiger partial charge is 0.0897 e. The quantitative estimate of drug-likeness (QED) is 0.859. The summed E-state index contributed by atoms with van der Waals surface area (Å²) in [5, 5.41) is 6.77. The third-order valence-electron chi connectivity index (χ3n) is 2.96. The van der Waals surface area contributed by atoms with Crippen LogP contribution >= 0.6 is 11.3 Å². The third kappa shape index (κ3) is 4.35. The second kappa shape index (κ2) is 6.44. The van der Waals surface area contributed by atoms with Crippen LogP contribution in [0.5, 0.6) is 0 Å². The molecular formula is C12H21N3OS. The molecule has 1 fully saturated rings. The molecule has 1 aliphatic rings. The molecule has 1 atom stereocenters. The lowest BCUT2D eigenvalue weighted by Gasteiger charge is -2.25. The van der Waals surface area contributed by atoms with E-state index in [2.05, 4.69) is 34.6 Å². The van der Waals surface area contributed by atoms with Crippen molar-refractivity contribution in [2.45, 2.75) is 25.9 Å². The predicted molar refractivity (Wildman–Crippen MR) is 70.4 cm³/mol. The lowest BCUT2D eigenvalue weighted by Crippen LogP contribution is -2.42. The number of nitrogens with one attached hydrogen (secondary N) is 1. The van der Waals surface area contributed by atoms with Gasteiger partial charge in [-0.1, -0.05) is 0 Å². The molecule has 2 rings (SSSR count). The zero-order chi connectivity index (χ0) is 12.1. The highest BCUT2D eigenvalue weighted by molar-refractivity contribution is 7.09. The van der Waals surface area contributed by atoms with E-state index in [1.165, 1.54) is 5.69 Å². The van der Waals surface area contributed by atoms with Gasteiger partial charge in [-0.3, -0.25) is 0 Å². The van der Waals surface area contributed by atoms with Crippen molar-refractivity contribution in [2.75, 3.05) is 33.4 Å². The molecule has 2 heterocycles. The number of hydrogen-bond donors (Lipinski definition) is 1. The lowest BCUT2D eigenvalue weighted by molar-refractivity contribution is 0.0707. The fourth-order valence-electron chi connectivity index (χ4n) is 2.02.